The zero-order valence-corrected chi connectivity index (χ0v) is 10.7. The maximum atomic E-state index is 13.0. The molecule has 0 saturated carbocycles. The molecule has 19 heavy (non-hydrogen) atoms. The molecule has 3 rings (SSSR count). The number of halogens is 1. The first-order valence-corrected chi connectivity index (χ1v) is 6.41. The lowest BCUT2D eigenvalue weighted by molar-refractivity contribution is 0.391. The van der Waals surface area contributed by atoms with E-state index in [1.165, 1.54) is 24.1 Å². The first-order valence-electron chi connectivity index (χ1n) is 6.41. The number of nitrogens with zero attached hydrogens (tertiary/aromatic N) is 2. The fourth-order valence-electron chi connectivity index (χ4n) is 2.74. The molecule has 0 aliphatic heterocycles. The van der Waals surface area contributed by atoms with Crippen LogP contribution in [-0.4, -0.2) is 10.2 Å². The predicted octanol–water partition coefficient (Wildman–Crippen LogP) is 3.82. The van der Waals surface area contributed by atoms with Crippen molar-refractivity contribution in [2.45, 2.75) is 31.6 Å². The fourth-order valence-corrected chi connectivity index (χ4v) is 2.74. The molecular weight excluding hydrogens is 243 g/mol. The molecule has 0 spiro atoms. The van der Waals surface area contributed by atoms with Crippen molar-refractivity contribution in [1.82, 2.24) is 10.2 Å². The summed E-state index contributed by atoms with van der Waals surface area (Å²) in [6.45, 7) is 2.13. The molecule has 0 radical (unpaired) electrons. The van der Waals surface area contributed by atoms with Crippen LogP contribution < -0.4 is 0 Å². The minimum atomic E-state index is -0.207. The van der Waals surface area contributed by atoms with Gasteiger partial charge in [-0.15, -0.1) is 10.2 Å². The maximum absolute atomic E-state index is 13.0. The van der Waals surface area contributed by atoms with E-state index in [0.29, 0.717) is 5.89 Å². The summed E-state index contributed by atoms with van der Waals surface area (Å²) < 4.78 is 18.4. The van der Waals surface area contributed by atoms with E-state index in [9.17, 15) is 4.39 Å². The molecule has 4 heteroatoms. The van der Waals surface area contributed by atoms with Gasteiger partial charge in [-0.05, 0) is 43.4 Å². The smallest absolute Gasteiger partial charge is 0.220 e. The van der Waals surface area contributed by atoms with E-state index in [2.05, 4.69) is 23.2 Å². The zero-order chi connectivity index (χ0) is 13.2. The molecule has 0 N–H and O–H groups in total. The van der Waals surface area contributed by atoms with Crippen molar-refractivity contribution < 1.29 is 8.81 Å². The summed E-state index contributed by atoms with van der Waals surface area (Å²) in [5.74, 6) is 0.905. The van der Waals surface area contributed by atoms with Crippen LogP contribution in [-0.2, 0) is 0 Å². The van der Waals surface area contributed by atoms with Gasteiger partial charge >= 0.3 is 0 Å². The minimum absolute atomic E-state index is 0.177. The van der Waals surface area contributed by atoms with Gasteiger partial charge in [-0.25, -0.2) is 4.39 Å². The third-order valence-electron chi connectivity index (χ3n) is 3.74. The Morgan fingerprint density at radius 2 is 2.00 bits per heavy atom. The molecule has 98 valence electrons. The Bertz CT molecular complexity index is 575. The fraction of sp³-hybridized carbons (Fsp3) is 0.333. The van der Waals surface area contributed by atoms with Gasteiger partial charge in [0, 0.05) is 5.92 Å². The van der Waals surface area contributed by atoms with Crippen LogP contribution in [0.25, 0.3) is 0 Å². The molecule has 0 unspecified atom stereocenters. The molecule has 0 amide bonds. The SMILES string of the molecule is CC1=CC[C@H](c2nnco2)[C@@H](c2ccc(F)cc2)C1. The van der Waals surface area contributed by atoms with E-state index in [4.69, 9.17) is 4.42 Å². The summed E-state index contributed by atoms with van der Waals surface area (Å²) in [7, 11) is 0. The molecule has 2 aromatic rings. The summed E-state index contributed by atoms with van der Waals surface area (Å²) in [4.78, 5) is 0. The number of aromatic nitrogens is 2. The van der Waals surface area contributed by atoms with Crippen molar-refractivity contribution in [2.75, 3.05) is 0 Å². The third kappa shape index (κ3) is 2.43. The number of allylic oxidation sites excluding steroid dienone is 2. The van der Waals surface area contributed by atoms with Crippen molar-refractivity contribution in [2.24, 2.45) is 0 Å². The van der Waals surface area contributed by atoms with Crippen LogP contribution >= 0.6 is 0 Å². The zero-order valence-electron chi connectivity index (χ0n) is 10.7. The Kier molecular flexibility index (Phi) is 3.15. The average Bonchev–Trinajstić information content (AvgIpc) is 2.93. The monoisotopic (exact) mass is 258 g/mol. The Morgan fingerprint density at radius 3 is 2.68 bits per heavy atom. The van der Waals surface area contributed by atoms with Crippen LogP contribution in [0.5, 0.6) is 0 Å². The van der Waals surface area contributed by atoms with Gasteiger partial charge < -0.3 is 4.42 Å². The highest BCUT2D eigenvalue weighted by Gasteiger charge is 2.30. The lowest BCUT2D eigenvalue weighted by atomic mass is 9.76. The molecule has 3 nitrogen and oxygen atoms in total. The average molecular weight is 258 g/mol. The summed E-state index contributed by atoms with van der Waals surface area (Å²) >= 11 is 0. The summed E-state index contributed by atoms with van der Waals surface area (Å²) in [6, 6.07) is 6.71. The summed E-state index contributed by atoms with van der Waals surface area (Å²) in [6.07, 6.45) is 5.41. The van der Waals surface area contributed by atoms with Gasteiger partial charge in [0.25, 0.3) is 0 Å². The van der Waals surface area contributed by atoms with Gasteiger partial charge in [-0.3, -0.25) is 0 Å². The van der Waals surface area contributed by atoms with Crippen molar-refractivity contribution in [3.8, 4) is 0 Å². The molecule has 0 saturated heterocycles. The van der Waals surface area contributed by atoms with Crippen molar-refractivity contribution in [3.63, 3.8) is 0 Å². The van der Waals surface area contributed by atoms with E-state index in [-0.39, 0.29) is 17.7 Å². The Hall–Kier alpha value is -1.97. The third-order valence-corrected chi connectivity index (χ3v) is 3.74. The minimum Gasteiger partial charge on any atom is -0.428 e. The molecule has 1 heterocycles. The lowest BCUT2D eigenvalue weighted by Gasteiger charge is -2.28. The quantitative estimate of drug-likeness (QED) is 0.769. The van der Waals surface area contributed by atoms with Crippen LogP contribution in [0.3, 0.4) is 0 Å². The molecule has 0 fully saturated rings. The second kappa shape index (κ2) is 4.96. The second-order valence-corrected chi connectivity index (χ2v) is 5.03. The summed E-state index contributed by atoms with van der Waals surface area (Å²) in [5.41, 5.74) is 2.47. The Balaban J connectivity index is 1.96. The highest BCUT2D eigenvalue weighted by Crippen LogP contribution is 2.42. The van der Waals surface area contributed by atoms with Crippen LogP contribution in [0.2, 0.25) is 0 Å². The highest BCUT2D eigenvalue weighted by atomic mass is 19.1. The number of hydrogen-bond donors (Lipinski definition) is 0. The molecular formula is C15H15FN2O. The number of rotatable bonds is 2. The van der Waals surface area contributed by atoms with E-state index in [1.807, 2.05) is 12.1 Å². The first-order chi connectivity index (χ1) is 9.24. The topological polar surface area (TPSA) is 38.9 Å². The number of benzene rings is 1. The van der Waals surface area contributed by atoms with Crippen molar-refractivity contribution in [3.05, 3.63) is 59.6 Å². The molecule has 1 aromatic heterocycles. The molecule has 2 atom stereocenters. The van der Waals surface area contributed by atoms with Crippen LogP contribution in [0.1, 0.15) is 43.1 Å². The van der Waals surface area contributed by atoms with Gasteiger partial charge in [0.2, 0.25) is 12.3 Å². The predicted molar refractivity (Wildman–Crippen MR) is 69.2 cm³/mol. The van der Waals surface area contributed by atoms with Gasteiger partial charge in [0.1, 0.15) is 5.82 Å². The maximum Gasteiger partial charge on any atom is 0.220 e. The molecule has 1 aliphatic rings. The first kappa shape index (κ1) is 12.1. The van der Waals surface area contributed by atoms with Crippen molar-refractivity contribution in [1.29, 1.82) is 0 Å². The molecule has 1 aliphatic carbocycles. The Labute approximate surface area is 111 Å². The van der Waals surface area contributed by atoms with Gasteiger partial charge in [0.05, 0.1) is 0 Å². The van der Waals surface area contributed by atoms with E-state index >= 15 is 0 Å². The second-order valence-electron chi connectivity index (χ2n) is 5.03. The summed E-state index contributed by atoms with van der Waals surface area (Å²) in [5, 5.41) is 7.80. The highest BCUT2D eigenvalue weighted by molar-refractivity contribution is 5.28. The van der Waals surface area contributed by atoms with Gasteiger partial charge in [0.15, 0.2) is 0 Å². The molecule has 1 aromatic carbocycles. The van der Waals surface area contributed by atoms with Gasteiger partial charge in [-0.2, -0.15) is 0 Å². The molecule has 0 bridgehead atoms. The lowest BCUT2D eigenvalue weighted by Crippen LogP contribution is -2.16. The van der Waals surface area contributed by atoms with Crippen molar-refractivity contribution >= 4 is 0 Å². The van der Waals surface area contributed by atoms with E-state index < -0.39 is 0 Å². The van der Waals surface area contributed by atoms with Gasteiger partial charge in [-0.1, -0.05) is 23.8 Å². The van der Waals surface area contributed by atoms with E-state index in [0.717, 1.165) is 18.4 Å². The van der Waals surface area contributed by atoms with Crippen LogP contribution in [0.4, 0.5) is 4.39 Å². The normalized spacial score (nSPS) is 23.2. The van der Waals surface area contributed by atoms with E-state index in [1.54, 1.807) is 0 Å². The van der Waals surface area contributed by atoms with Crippen LogP contribution in [0, 0.1) is 5.82 Å². The van der Waals surface area contributed by atoms with Crippen LogP contribution in [0.15, 0.2) is 46.7 Å². The standard InChI is InChI=1S/C15H15FN2O/c1-10-2-7-13(15-18-17-9-19-15)14(8-10)11-3-5-12(16)6-4-11/h2-6,9,13-14H,7-8H2,1H3/t13-,14+/m0/s1. The Morgan fingerprint density at radius 1 is 1.21 bits per heavy atom. The number of hydrogen-bond acceptors (Lipinski definition) is 3. The largest absolute Gasteiger partial charge is 0.428 e.